The predicted molar refractivity (Wildman–Crippen MR) is 88.3 cm³/mol. The van der Waals surface area contributed by atoms with Crippen molar-refractivity contribution >= 4 is 15.9 Å². The predicted octanol–water partition coefficient (Wildman–Crippen LogP) is 4.28. The topological polar surface area (TPSA) is 38.0 Å². The molecule has 0 saturated carbocycles. The zero-order valence-electron chi connectivity index (χ0n) is 11.8. The van der Waals surface area contributed by atoms with Crippen LogP contribution in [0, 0.1) is 6.92 Å². The van der Waals surface area contributed by atoms with Crippen LogP contribution in [-0.4, -0.2) is 0 Å². The van der Waals surface area contributed by atoms with Gasteiger partial charge in [-0.05, 0) is 48.9 Å². The lowest BCUT2D eigenvalue weighted by Crippen LogP contribution is -2.28. The van der Waals surface area contributed by atoms with Crippen molar-refractivity contribution in [3.8, 4) is 0 Å². The van der Waals surface area contributed by atoms with Gasteiger partial charge in [0, 0.05) is 10.5 Å². The van der Waals surface area contributed by atoms with Gasteiger partial charge in [0.05, 0.1) is 0 Å². The molecular formula is C17H21BrN2. The van der Waals surface area contributed by atoms with Crippen molar-refractivity contribution in [3.05, 3.63) is 69.7 Å². The molecule has 0 radical (unpaired) electrons. The molecule has 1 atom stereocenters. The summed E-state index contributed by atoms with van der Waals surface area (Å²) in [6, 6.07) is 17.2. The second-order valence-electron chi connectivity index (χ2n) is 5.11. The van der Waals surface area contributed by atoms with E-state index in [2.05, 4.69) is 76.8 Å². The summed E-state index contributed by atoms with van der Waals surface area (Å²) >= 11 is 3.58. The zero-order chi connectivity index (χ0) is 14.4. The van der Waals surface area contributed by atoms with E-state index in [1.54, 1.807) is 0 Å². The molecule has 0 saturated heterocycles. The van der Waals surface area contributed by atoms with E-state index in [0.717, 1.165) is 23.7 Å². The zero-order valence-corrected chi connectivity index (χ0v) is 13.4. The molecule has 0 aliphatic heterocycles. The summed E-state index contributed by atoms with van der Waals surface area (Å²) in [4.78, 5) is 0. The molecule has 0 aliphatic carbocycles. The molecule has 0 fully saturated rings. The Morgan fingerprint density at radius 3 is 2.55 bits per heavy atom. The van der Waals surface area contributed by atoms with Gasteiger partial charge in [0.15, 0.2) is 0 Å². The van der Waals surface area contributed by atoms with Crippen LogP contribution in [0.15, 0.2) is 53.0 Å². The minimum atomic E-state index is 0.204. The number of rotatable bonds is 6. The van der Waals surface area contributed by atoms with Gasteiger partial charge < -0.3 is 0 Å². The lowest BCUT2D eigenvalue weighted by molar-refractivity contribution is 0.498. The minimum absolute atomic E-state index is 0.204. The molecule has 2 aromatic rings. The number of hydrazine groups is 1. The first-order valence-corrected chi connectivity index (χ1v) is 7.76. The van der Waals surface area contributed by atoms with Gasteiger partial charge in [-0.15, -0.1) is 0 Å². The Morgan fingerprint density at radius 2 is 1.90 bits per heavy atom. The average Bonchev–Trinajstić information content (AvgIpc) is 2.48. The number of nitrogens with one attached hydrogen (secondary N) is 1. The number of hydrogen-bond acceptors (Lipinski definition) is 2. The van der Waals surface area contributed by atoms with Crippen LogP contribution in [0.5, 0.6) is 0 Å². The molecule has 106 valence electrons. The number of benzene rings is 2. The Morgan fingerprint density at radius 1 is 1.15 bits per heavy atom. The van der Waals surface area contributed by atoms with Crippen molar-refractivity contribution in [3.63, 3.8) is 0 Å². The molecule has 0 aliphatic rings. The third kappa shape index (κ3) is 4.17. The quantitative estimate of drug-likeness (QED) is 0.611. The highest BCUT2D eigenvalue weighted by atomic mass is 79.9. The first-order valence-electron chi connectivity index (χ1n) is 6.97. The molecule has 0 heterocycles. The number of nitrogens with two attached hydrogens (primary N) is 1. The fourth-order valence-corrected chi connectivity index (χ4v) is 2.72. The van der Waals surface area contributed by atoms with Crippen molar-refractivity contribution in [2.45, 2.75) is 32.2 Å². The summed E-state index contributed by atoms with van der Waals surface area (Å²) in [5.41, 5.74) is 6.79. The van der Waals surface area contributed by atoms with Crippen molar-refractivity contribution in [1.29, 1.82) is 0 Å². The van der Waals surface area contributed by atoms with Gasteiger partial charge in [-0.3, -0.25) is 11.3 Å². The van der Waals surface area contributed by atoms with Crippen molar-refractivity contribution in [2.24, 2.45) is 5.84 Å². The van der Waals surface area contributed by atoms with E-state index in [4.69, 9.17) is 5.84 Å². The number of hydrogen-bond donors (Lipinski definition) is 2. The van der Waals surface area contributed by atoms with E-state index in [1.165, 1.54) is 16.7 Å². The van der Waals surface area contributed by atoms with Crippen LogP contribution in [0.2, 0.25) is 0 Å². The largest absolute Gasteiger partial charge is 0.271 e. The van der Waals surface area contributed by atoms with Gasteiger partial charge in [-0.2, -0.15) is 0 Å². The number of halogens is 1. The highest BCUT2D eigenvalue weighted by Gasteiger charge is 2.10. The Labute approximate surface area is 129 Å². The maximum absolute atomic E-state index is 5.71. The molecule has 2 rings (SSSR count). The summed E-state index contributed by atoms with van der Waals surface area (Å²) in [6.07, 6.45) is 3.23. The van der Waals surface area contributed by atoms with Crippen LogP contribution in [0.1, 0.15) is 35.6 Å². The van der Waals surface area contributed by atoms with Crippen molar-refractivity contribution in [1.82, 2.24) is 5.43 Å². The van der Waals surface area contributed by atoms with Crippen LogP contribution in [0.3, 0.4) is 0 Å². The van der Waals surface area contributed by atoms with E-state index in [1.807, 2.05) is 0 Å². The van der Waals surface area contributed by atoms with E-state index in [-0.39, 0.29) is 6.04 Å². The van der Waals surface area contributed by atoms with Gasteiger partial charge in [0.25, 0.3) is 0 Å². The van der Waals surface area contributed by atoms with E-state index < -0.39 is 0 Å². The summed E-state index contributed by atoms with van der Waals surface area (Å²) in [5, 5.41) is 0. The SMILES string of the molecule is Cc1ccc(C(CCCc2ccccc2)NN)cc1Br. The lowest BCUT2D eigenvalue weighted by atomic mass is 9.99. The highest BCUT2D eigenvalue weighted by molar-refractivity contribution is 9.10. The van der Waals surface area contributed by atoms with Gasteiger partial charge in [0.1, 0.15) is 0 Å². The average molecular weight is 333 g/mol. The molecule has 20 heavy (non-hydrogen) atoms. The fourth-order valence-electron chi connectivity index (χ4n) is 2.33. The van der Waals surface area contributed by atoms with Gasteiger partial charge in [0.2, 0.25) is 0 Å². The van der Waals surface area contributed by atoms with E-state index in [0.29, 0.717) is 0 Å². The lowest BCUT2D eigenvalue weighted by Gasteiger charge is -2.17. The third-order valence-electron chi connectivity index (χ3n) is 3.60. The molecule has 2 nitrogen and oxygen atoms in total. The fraction of sp³-hybridized carbons (Fsp3) is 0.294. The Kier molecular flexibility index (Phi) is 5.77. The van der Waals surface area contributed by atoms with Crippen molar-refractivity contribution in [2.75, 3.05) is 0 Å². The third-order valence-corrected chi connectivity index (χ3v) is 4.45. The van der Waals surface area contributed by atoms with Gasteiger partial charge >= 0.3 is 0 Å². The monoisotopic (exact) mass is 332 g/mol. The Bertz CT molecular complexity index is 540. The molecule has 3 N–H and O–H groups in total. The van der Waals surface area contributed by atoms with Crippen LogP contribution in [0.4, 0.5) is 0 Å². The smallest absolute Gasteiger partial charge is 0.0460 e. The first kappa shape index (κ1) is 15.2. The summed E-state index contributed by atoms with van der Waals surface area (Å²) < 4.78 is 1.14. The Hall–Kier alpha value is -1.16. The van der Waals surface area contributed by atoms with Crippen LogP contribution in [0.25, 0.3) is 0 Å². The maximum Gasteiger partial charge on any atom is 0.0460 e. The second-order valence-corrected chi connectivity index (χ2v) is 5.96. The normalized spacial score (nSPS) is 12.3. The maximum atomic E-state index is 5.71. The van der Waals surface area contributed by atoms with Crippen LogP contribution >= 0.6 is 15.9 Å². The van der Waals surface area contributed by atoms with E-state index in [9.17, 15) is 0 Å². The molecule has 3 heteroatoms. The molecular weight excluding hydrogens is 312 g/mol. The van der Waals surface area contributed by atoms with Crippen LogP contribution in [-0.2, 0) is 6.42 Å². The molecule has 0 amide bonds. The van der Waals surface area contributed by atoms with E-state index >= 15 is 0 Å². The number of aryl methyl sites for hydroxylation is 2. The first-order chi connectivity index (χ1) is 9.70. The molecule has 2 aromatic carbocycles. The summed E-state index contributed by atoms with van der Waals surface area (Å²) in [7, 11) is 0. The standard InChI is InChI=1S/C17H21BrN2/c1-13-10-11-15(12-16(13)18)17(20-19)9-5-8-14-6-3-2-4-7-14/h2-4,6-7,10-12,17,20H,5,8-9,19H2,1H3. The minimum Gasteiger partial charge on any atom is -0.271 e. The van der Waals surface area contributed by atoms with Crippen molar-refractivity contribution < 1.29 is 0 Å². The van der Waals surface area contributed by atoms with Gasteiger partial charge in [-0.25, -0.2) is 0 Å². The van der Waals surface area contributed by atoms with Gasteiger partial charge in [-0.1, -0.05) is 58.4 Å². The molecule has 0 spiro atoms. The highest BCUT2D eigenvalue weighted by Crippen LogP contribution is 2.24. The Balaban J connectivity index is 1.93. The molecule has 1 unspecified atom stereocenters. The summed E-state index contributed by atoms with van der Waals surface area (Å²) in [6.45, 7) is 2.09. The molecule has 0 bridgehead atoms. The second kappa shape index (κ2) is 7.58. The molecule has 0 aromatic heterocycles. The van der Waals surface area contributed by atoms with Crippen LogP contribution < -0.4 is 11.3 Å². The summed E-state index contributed by atoms with van der Waals surface area (Å²) in [5.74, 6) is 5.71.